The van der Waals surface area contributed by atoms with Gasteiger partial charge in [0.05, 0.1) is 0 Å². The Morgan fingerprint density at radius 1 is 1.53 bits per heavy atom. The average Bonchev–Trinajstić information content (AvgIpc) is 2.59. The van der Waals surface area contributed by atoms with Gasteiger partial charge in [0.2, 0.25) is 0 Å². The lowest BCUT2D eigenvalue weighted by atomic mass is 10.1. The molecule has 1 aliphatic rings. The Hall–Kier alpha value is -1.36. The highest BCUT2D eigenvalue weighted by Crippen LogP contribution is 2.21. The first kappa shape index (κ1) is 10.2. The molecule has 82 valence electrons. The van der Waals surface area contributed by atoms with Crippen molar-refractivity contribution >= 4 is 5.91 Å². The van der Waals surface area contributed by atoms with Gasteiger partial charge in [0.1, 0.15) is 5.76 Å². The van der Waals surface area contributed by atoms with Crippen molar-refractivity contribution in [1.29, 1.82) is 0 Å². The van der Waals surface area contributed by atoms with Crippen molar-refractivity contribution in [1.82, 2.24) is 15.0 Å². The van der Waals surface area contributed by atoms with Gasteiger partial charge in [-0.25, -0.2) is 0 Å². The van der Waals surface area contributed by atoms with E-state index in [9.17, 15) is 4.79 Å². The van der Waals surface area contributed by atoms with Gasteiger partial charge >= 0.3 is 0 Å². The Balaban J connectivity index is 2.34. The summed E-state index contributed by atoms with van der Waals surface area (Å²) in [5, 5.41) is 3.86. The van der Waals surface area contributed by atoms with Gasteiger partial charge in [-0.3, -0.25) is 4.79 Å². The van der Waals surface area contributed by atoms with Crippen LogP contribution in [0.15, 0.2) is 4.52 Å². The van der Waals surface area contributed by atoms with Crippen molar-refractivity contribution in [2.75, 3.05) is 27.7 Å². The van der Waals surface area contributed by atoms with Gasteiger partial charge in [0, 0.05) is 39.2 Å². The number of aromatic nitrogens is 1. The van der Waals surface area contributed by atoms with Crippen LogP contribution in [0.25, 0.3) is 0 Å². The topological polar surface area (TPSA) is 49.6 Å². The maximum atomic E-state index is 11.8. The minimum Gasteiger partial charge on any atom is -0.360 e. The predicted molar refractivity (Wildman–Crippen MR) is 54.6 cm³/mol. The molecule has 0 N–H and O–H groups in total. The molecule has 2 heterocycles. The van der Waals surface area contributed by atoms with Gasteiger partial charge in [-0.2, -0.15) is 0 Å². The van der Waals surface area contributed by atoms with Crippen LogP contribution in [-0.4, -0.2) is 48.6 Å². The van der Waals surface area contributed by atoms with E-state index in [0.717, 1.165) is 30.8 Å². The lowest BCUT2D eigenvalue weighted by molar-refractivity contribution is 0.0816. The molecule has 0 saturated carbocycles. The Morgan fingerprint density at radius 2 is 2.27 bits per heavy atom. The summed E-state index contributed by atoms with van der Waals surface area (Å²) in [6.45, 7) is 1.70. The molecule has 2 rings (SSSR count). The summed E-state index contributed by atoms with van der Waals surface area (Å²) >= 11 is 0. The minimum atomic E-state index is -0.0877. The molecule has 5 nitrogen and oxygen atoms in total. The number of hydrogen-bond acceptors (Lipinski definition) is 4. The Morgan fingerprint density at radius 3 is 2.93 bits per heavy atom. The highest BCUT2D eigenvalue weighted by Gasteiger charge is 2.26. The fraction of sp³-hybridized carbons (Fsp3) is 0.600. The van der Waals surface area contributed by atoms with E-state index >= 15 is 0 Å². The van der Waals surface area contributed by atoms with E-state index in [2.05, 4.69) is 10.1 Å². The number of nitrogens with zero attached hydrogens (tertiary/aromatic N) is 3. The van der Waals surface area contributed by atoms with E-state index in [1.807, 2.05) is 7.05 Å². The van der Waals surface area contributed by atoms with Gasteiger partial charge in [-0.1, -0.05) is 5.16 Å². The summed E-state index contributed by atoms with van der Waals surface area (Å²) in [7, 11) is 5.46. The zero-order valence-electron chi connectivity index (χ0n) is 9.28. The standard InChI is InChI=1S/C10H15N3O2/c1-12(2)10(14)9-7-6-13(3)5-4-8(7)15-11-9/h4-6H2,1-3H3. The fourth-order valence-corrected chi connectivity index (χ4v) is 1.72. The molecule has 0 atom stereocenters. The van der Waals surface area contributed by atoms with E-state index < -0.39 is 0 Å². The normalized spacial score (nSPS) is 16.2. The first-order chi connectivity index (χ1) is 7.09. The molecule has 0 fully saturated rings. The number of hydrogen-bond donors (Lipinski definition) is 0. The van der Waals surface area contributed by atoms with E-state index in [0.29, 0.717) is 5.69 Å². The number of fused-ring (bicyclic) bond motifs is 1. The summed E-state index contributed by atoms with van der Waals surface area (Å²) in [5.41, 5.74) is 1.41. The van der Waals surface area contributed by atoms with Crippen molar-refractivity contribution in [3.05, 3.63) is 17.0 Å². The average molecular weight is 209 g/mol. The molecule has 5 heteroatoms. The second kappa shape index (κ2) is 3.66. The van der Waals surface area contributed by atoms with E-state index in [1.54, 1.807) is 14.1 Å². The summed E-state index contributed by atoms with van der Waals surface area (Å²) in [5.74, 6) is 0.772. The van der Waals surface area contributed by atoms with Crippen LogP contribution < -0.4 is 0 Å². The first-order valence-corrected chi connectivity index (χ1v) is 4.97. The summed E-state index contributed by atoms with van der Waals surface area (Å²) in [6.07, 6.45) is 0.833. The molecule has 1 aromatic heterocycles. The Bertz CT molecular complexity index is 384. The van der Waals surface area contributed by atoms with Crippen LogP contribution in [0.4, 0.5) is 0 Å². The molecule has 1 amide bonds. The van der Waals surface area contributed by atoms with E-state index in [1.165, 1.54) is 4.90 Å². The molecule has 0 radical (unpaired) electrons. The smallest absolute Gasteiger partial charge is 0.275 e. The number of carbonyl (C=O) groups excluding carboxylic acids is 1. The predicted octanol–water partition coefficient (Wildman–Crippen LogP) is 0.364. The van der Waals surface area contributed by atoms with E-state index in [4.69, 9.17) is 4.52 Å². The monoisotopic (exact) mass is 209 g/mol. The van der Waals surface area contributed by atoms with Crippen LogP contribution in [0.1, 0.15) is 21.8 Å². The third-order valence-corrected chi connectivity index (χ3v) is 2.63. The van der Waals surface area contributed by atoms with Gasteiger partial charge in [-0.15, -0.1) is 0 Å². The summed E-state index contributed by atoms with van der Waals surface area (Å²) in [6, 6.07) is 0. The SMILES string of the molecule is CN1CCc2onc(C(=O)N(C)C)c2C1. The molecular formula is C10H15N3O2. The van der Waals surface area contributed by atoms with Crippen LogP contribution in [0.2, 0.25) is 0 Å². The van der Waals surface area contributed by atoms with Crippen molar-refractivity contribution in [3.63, 3.8) is 0 Å². The first-order valence-electron chi connectivity index (χ1n) is 4.97. The Kier molecular flexibility index (Phi) is 2.48. The fourth-order valence-electron chi connectivity index (χ4n) is 1.72. The summed E-state index contributed by atoms with van der Waals surface area (Å²) in [4.78, 5) is 15.4. The molecule has 1 aromatic rings. The quantitative estimate of drug-likeness (QED) is 0.670. The van der Waals surface area contributed by atoms with Crippen LogP contribution in [0, 0.1) is 0 Å². The highest BCUT2D eigenvalue weighted by atomic mass is 16.5. The van der Waals surface area contributed by atoms with Crippen LogP contribution in [-0.2, 0) is 13.0 Å². The largest absolute Gasteiger partial charge is 0.360 e. The van der Waals surface area contributed by atoms with E-state index in [-0.39, 0.29) is 5.91 Å². The second-order valence-corrected chi connectivity index (χ2v) is 4.12. The number of amides is 1. The van der Waals surface area contributed by atoms with Gasteiger partial charge in [0.15, 0.2) is 5.69 Å². The van der Waals surface area contributed by atoms with Crippen LogP contribution >= 0.6 is 0 Å². The van der Waals surface area contributed by atoms with Crippen LogP contribution in [0.3, 0.4) is 0 Å². The summed E-state index contributed by atoms with van der Waals surface area (Å²) < 4.78 is 5.18. The molecule has 0 aliphatic carbocycles. The zero-order chi connectivity index (χ0) is 11.0. The third-order valence-electron chi connectivity index (χ3n) is 2.63. The molecule has 0 bridgehead atoms. The van der Waals surface area contributed by atoms with Crippen molar-refractivity contribution in [2.45, 2.75) is 13.0 Å². The van der Waals surface area contributed by atoms with Gasteiger partial charge in [0.25, 0.3) is 5.91 Å². The molecule has 0 spiro atoms. The molecule has 1 aliphatic heterocycles. The second-order valence-electron chi connectivity index (χ2n) is 4.12. The maximum absolute atomic E-state index is 11.8. The molecular weight excluding hydrogens is 194 g/mol. The number of carbonyl (C=O) groups is 1. The van der Waals surface area contributed by atoms with Crippen molar-refractivity contribution in [2.24, 2.45) is 0 Å². The third kappa shape index (κ3) is 1.74. The van der Waals surface area contributed by atoms with Gasteiger partial charge < -0.3 is 14.3 Å². The Labute approximate surface area is 88.6 Å². The zero-order valence-corrected chi connectivity index (χ0v) is 9.28. The molecule has 0 saturated heterocycles. The molecule has 0 unspecified atom stereocenters. The van der Waals surface area contributed by atoms with Crippen molar-refractivity contribution < 1.29 is 9.32 Å². The van der Waals surface area contributed by atoms with Gasteiger partial charge in [-0.05, 0) is 7.05 Å². The number of rotatable bonds is 1. The lowest BCUT2D eigenvalue weighted by Crippen LogP contribution is -2.29. The highest BCUT2D eigenvalue weighted by molar-refractivity contribution is 5.93. The molecule has 15 heavy (non-hydrogen) atoms. The lowest BCUT2D eigenvalue weighted by Gasteiger charge is -2.21. The molecule has 0 aromatic carbocycles. The van der Waals surface area contributed by atoms with Crippen molar-refractivity contribution in [3.8, 4) is 0 Å². The number of likely N-dealkylation sites (N-methyl/N-ethyl adjacent to an activating group) is 1. The van der Waals surface area contributed by atoms with Crippen LogP contribution in [0.5, 0.6) is 0 Å². The maximum Gasteiger partial charge on any atom is 0.275 e. The minimum absolute atomic E-state index is 0.0877.